The third-order valence-corrected chi connectivity index (χ3v) is 8.61. The summed E-state index contributed by atoms with van der Waals surface area (Å²) >= 11 is 12.6. The number of nitrogens with one attached hydrogen (secondary N) is 2. The van der Waals surface area contributed by atoms with Gasteiger partial charge in [-0.3, -0.25) is 10.1 Å². The topological polar surface area (TPSA) is 104 Å². The van der Waals surface area contributed by atoms with Crippen molar-refractivity contribution >= 4 is 61.3 Å². The van der Waals surface area contributed by atoms with Crippen LogP contribution in [0.25, 0.3) is 0 Å². The predicted molar refractivity (Wildman–Crippen MR) is 135 cm³/mol. The summed E-state index contributed by atoms with van der Waals surface area (Å²) in [7, 11) is -3.90. The summed E-state index contributed by atoms with van der Waals surface area (Å²) in [6.07, 6.45) is 2.43. The minimum absolute atomic E-state index is 0.0384. The van der Waals surface area contributed by atoms with Crippen LogP contribution in [0, 0.1) is 5.92 Å². The molecule has 4 rings (SSSR count). The highest BCUT2D eigenvalue weighted by molar-refractivity contribution is 7.91. The van der Waals surface area contributed by atoms with Crippen molar-refractivity contribution in [3.63, 3.8) is 0 Å². The summed E-state index contributed by atoms with van der Waals surface area (Å²) in [5, 5.41) is 10.6. The molecule has 1 fully saturated rings. The number of nitrogens with zero attached hydrogens (tertiary/aromatic N) is 3. The van der Waals surface area contributed by atoms with Gasteiger partial charge in [0.1, 0.15) is 0 Å². The number of hydrogen-bond acceptors (Lipinski definition) is 7. The van der Waals surface area contributed by atoms with Gasteiger partial charge >= 0.3 is 0 Å². The molecule has 8 nitrogen and oxygen atoms in total. The monoisotopic (exact) mass is 539 g/mol. The average molecular weight is 540 g/mol. The number of sulfonamides is 1. The second-order valence-electron chi connectivity index (χ2n) is 8.14. The number of benzene rings is 2. The summed E-state index contributed by atoms with van der Waals surface area (Å²) in [4.78, 5) is 14.8. The van der Waals surface area contributed by atoms with Crippen LogP contribution in [0.1, 0.15) is 35.7 Å². The van der Waals surface area contributed by atoms with E-state index in [9.17, 15) is 13.2 Å². The van der Waals surface area contributed by atoms with Crippen LogP contribution in [-0.4, -0.2) is 37.6 Å². The summed E-state index contributed by atoms with van der Waals surface area (Å²) < 4.78 is 27.6. The van der Waals surface area contributed by atoms with Crippen molar-refractivity contribution in [2.45, 2.75) is 30.6 Å². The molecule has 1 amide bonds. The maximum absolute atomic E-state index is 12.7. The Kier molecular flexibility index (Phi) is 7.73. The van der Waals surface area contributed by atoms with Gasteiger partial charge in [-0.1, -0.05) is 53.6 Å². The highest BCUT2D eigenvalue weighted by Crippen LogP contribution is 2.25. The number of rotatable bonds is 7. The van der Waals surface area contributed by atoms with Gasteiger partial charge in [0.15, 0.2) is 0 Å². The van der Waals surface area contributed by atoms with Crippen LogP contribution in [0.4, 0.5) is 10.8 Å². The largest absolute Gasteiger partial charge is 0.371 e. The highest BCUT2D eigenvalue weighted by atomic mass is 35.5. The normalized spacial score (nSPS) is 16.4. The van der Waals surface area contributed by atoms with Crippen LogP contribution in [0.15, 0.2) is 46.8 Å². The van der Waals surface area contributed by atoms with Crippen molar-refractivity contribution in [3.8, 4) is 0 Å². The van der Waals surface area contributed by atoms with Crippen LogP contribution < -0.4 is 14.9 Å². The fourth-order valence-corrected chi connectivity index (χ4v) is 6.14. The molecule has 1 atom stereocenters. The number of carbonyl (C=O) groups excluding carboxylic acids is 1. The number of aromatic nitrogens is 2. The molecule has 12 heteroatoms. The summed E-state index contributed by atoms with van der Waals surface area (Å²) in [6, 6.07) is 12.3. The maximum atomic E-state index is 12.7. The molecule has 0 bridgehead atoms. The molecule has 0 spiro atoms. The number of anilines is 2. The first-order chi connectivity index (χ1) is 16.2. The zero-order chi connectivity index (χ0) is 24.3. The van der Waals surface area contributed by atoms with E-state index in [4.69, 9.17) is 23.2 Å². The first-order valence-corrected chi connectivity index (χ1v) is 13.7. The molecule has 1 aliphatic rings. The van der Waals surface area contributed by atoms with E-state index in [0.29, 0.717) is 10.9 Å². The Balaban J connectivity index is 1.36. The van der Waals surface area contributed by atoms with Crippen molar-refractivity contribution < 1.29 is 13.2 Å². The van der Waals surface area contributed by atoms with Crippen molar-refractivity contribution in [2.75, 3.05) is 23.3 Å². The van der Waals surface area contributed by atoms with E-state index >= 15 is 0 Å². The number of halogens is 2. The van der Waals surface area contributed by atoms with Gasteiger partial charge in [-0.2, -0.15) is 0 Å². The molecule has 1 saturated heterocycles. The number of carbonyl (C=O) groups is 1. The van der Waals surface area contributed by atoms with E-state index in [1.165, 1.54) is 31.0 Å². The van der Waals surface area contributed by atoms with Gasteiger partial charge in [-0.25, -0.2) is 13.1 Å². The molecular formula is C22H23Cl2N5O3S2. The third kappa shape index (κ3) is 6.05. The molecule has 2 heterocycles. The first kappa shape index (κ1) is 24.9. The van der Waals surface area contributed by atoms with Crippen LogP contribution >= 0.6 is 34.5 Å². The van der Waals surface area contributed by atoms with Crippen LogP contribution in [0.2, 0.25) is 10.0 Å². The second-order valence-corrected chi connectivity index (χ2v) is 11.9. The van der Waals surface area contributed by atoms with Crippen LogP contribution in [0.3, 0.4) is 0 Å². The van der Waals surface area contributed by atoms with Gasteiger partial charge in [0.25, 0.3) is 15.9 Å². The Morgan fingerprint density at radius 3 is 2.65 bits per heavy atom. The van der Waals surface area contributed by atoms with E-state index in [0.717, 1.165) is 35.7 Å². The smallest absolute Gasteiger partial charge is 0.270 e. The van der Waals surface area contributed by atoms with E-state index < -0.39 is 15.9 Å². The van der Waals surface area contributed by atoms with E-state index in [2.05, 4.69) is 32.1 Å². The lowest BCUT2D eigenvalue weighted by molar-refractivity contribution is 0.102. The van der Waals surface area contributed by atoms with Gasteiger partial charge in [-0.05, 0) is 54.7 Å². The van der Waals surface area contributed by atoms with E-state index in [1.54, 1.807) is 0 Å². The third-order valence-electron chi connectivity index (χ3n) is 5.46. The Labute approximate surface area is 212 Å². The molecule has 0 saturated carbocycles. The second kappa shape index (κ2) is 10.6. The fourth-order valence-electron chi connectivity index (χ4n) is 3.70. The van der Waals surface area contributed by atoms with Gasteiger partial charge in [0, 0.05) is 30.3 Å². The van der Waals surface area contributed by atoms with Crippen LogP contribution in [0.5, 0.6) is 0 Å². The molecular weight excluding hydrogens is 517 g/mol. The number of hydrogen-bond donors (Lipinski definition) is 2. The van der Waals surface area contributed by atoms with Gasteiger partial charge < -0.3 is 4.90 Å². The zero-order valence-electron chi connectivity index (χ0n) is 18.3. The summed E-state index contributed by atoms with van der Waals surface area (Å²) in [5.74, 6) is 0.128. The minimum atomic E-state index is -3.90. The number of amides is 1. The molecule has 0 radical (unpaired) electrons. The molecule has 1 aromatic heterocycles. The lowest BCUT2D eigenvalue weighted by Gasteiger charge is -2.32. The van der Waals surface area contributed by atoms with Crippen molar-refractivity contribution in [1.82, 2.24) is 14.9 Å². The van der Waals surface area contributed by atoms with Crippen LogP contribution in [-0.2, 0) is 16.6 Å². The zero-order valence-corrected chi connectivity index (χ0v) is 21.4. The van der Waals surface area contributed by atoms with Crippen molar-refractivity contribution in [2.24, 2.45) is 5.92 Å². The molecule has 2 N–H and O–H groups in total. The van der Waals surface area contributed by atoms with E-state index in [1.807, 2.05) is 24.3 Å². The minimum Gasteiger partial charge on any atom is -0.371 e. The molecule has 2 aromatic carbocycles. The fraction of sp³-hybridized carbons (Fsp3) is 0.318. The molecule has 3 aromatic rings. The standard InChI is InChI=1S/C22H23Cl2N5O3S2/c1-14-3-2-10-29(13-14)17-7-4-15(5-8-17)12-25-34(31,32)22-28-27-21(33-22)26-20(30)18-9-6-16(23)11-19(18)24/h4-9,11,14,25H,2-3,10,12-13H2,1H3,(H,26,27,30). The van der Waals surface area contributed by atoms with E-state index in [-0.39, 0.29) is 26.6 Å². The lowest BCUT2D eigenvalue weighted by atomic mass is 9.99. The maximum Gasteiger partial charge on any atom is 0.270 e. The summed E-state index contributed by atoms with van der Waals surface area (Å²) in [6.45, 7) is 4.44. The van der Waals surface area contributed by atoms with Gasteiger partial charge in [0.05, 0.1) is 10.6 Å². The van der Waals surface area contributed by atoms with Gasteiger partial charge in [-0.15, -0.1) is 10.2 Å². The Bertz CT molecular complexity index is 1280. The van der Waals surface area contributed by atoms with Gasteiger partial charge in [0.2, 0.25) is 9.47 Å². The predicted octanol–water partition coefficient (Wildman–Crippen LogP) is 4.81. The molecule has 1 aliphatic heterocycles. The SMILES string of the molecule is CC1CCCN(c2ccc(CNS(=O)(=O)c3nnc(NC(=O)c4ccc(Cl)cc4Cl)s3)cc2)C1. The van der Waals surface area contributed by atoms with Crippen molar-refractivity contribution in [3.05, 3.63) is 63.6 Å². The summed E-state index contributed by atoms with van der Waals surface area (Å²) in [5.41, 5.74) is 2.16. The Morgan fingerprint density at radius 1 is 1.18 bits per heavy atom. The molecule has 1 unspecified atom stereocenters. The Morgan fingerprint density at radius 2 is 1.94 bits per heavy atom. The Hall–Kier alpha value is -2.24. The average Bonchev–Trinajstić information content (AvgIpc) is 3.27. The molecule has 34 heavy (non-hydrogen) atoms. The molecule has 180 valence electrons. The lowest BCUT2D eigenvalue weighted by Crippen LogP contribution is -2.34. The molecule has 0 aliphatic carbocycles. The first-order valence-electron chi connectivity index (χ1n) is 10.6. The number of piperidine rings is 1. The highest BCUT2D eigenvalue weighted by Gasteiger charge is 2.22. The van der Waals surface area contributed by atoms with Crippen molar-refractivity contribution in [1.29, 1.82) is 0 Å². The quantitative estimate of drug-likeness (QED) is 0.417.